The number of nitrogens with zero attached hydrogens (tertiary/aromatic N) is 3. The molecule has 0 radical (unpaired) electrons. The Labute approximate surface area is 178 Å². The van der Waals surface area contributed by atoms with Crippen molar-refractivity contribution in [3.05, 3.63) is 77.1 Å². The van der Waals surface area contributed by atoms with Gasteiger partial charge in [-0.25, -0.2) is 4.90 Å². The van der Waals surface area contributed by atoms with Gasteiger partial charge in [-0.05, 0) is 41.1 Å². The van der Waals surface area contributed by atoms with E-state index in [-0.39, 0.29) is 11.5 Å². The van der Waals surface area contributed by atoms with Gasteiger partial charge in [-0.2, -0.15) is 0 Å². The number of thioether (sulfide) groups is 1. The Morgan fingerprint density at radius 1 is 1.30 bits per heavy atom. The number of para-hydroxylation sites is 1. The number of H-pyrrole nitrogens is 1. The second-order valence-corrected chi connectivity index (χ2v) is 7.71. The van der Waals surface area contributed by atoms with Crippen molar-refractivity contribution in [3.8, 4) is 17.0 Å². The largest absolute Gasteiger partial charge is 0.497 e. The number of ether oxygens (including phenoxy) is 1. The third-order valence-corrected chi connectivity index (χ3v) is 5.71. The molecule has 0 bridgehead atoms. The van der Waals surface area contributed by atoms with E-state index in [1.54, 1.807) is 22.8 Å². The molecule has 1 aliphatic rings. The molecule has 1 N–H and O–H groups in total. The van der Waals surface area contributed by atoms with Crippen LogP contribution < -0.4 is 19.9 Å². The predicted molar refractivity (Wildman–Crippen MR) is 116 cm³/mol. The second kappa shape index (κ2) is 8.16. The number of fused-ring (bicyclic) bond motifs is 3. The molecule has 4 rings (SSSR count). The van der Waals surface area contributed by atoms with E-state index in [4.69, 9.17) is 9.84 Å². The highest BCUT2D eigenvalue weighted by Crippen LogP contribution is 2.37. The smallest absolute Gasteiger partial charge is 0.325 e. The van der Waals surface area contributed by atoms with Crippen LogP contribution in [0.3, 0.4) is 0 Å². The van der Waals surface area contributed by atoms with E-state index >= 15 is 0 Å². The Hall–Kier alpha value is -3.39. The van der Waals surface area contributed by atoms with Crippen LogP contribution in [0.15, 0.2) is 71.1 Å². The number of hydrogen-bond donors (Lipinski definition) is 1. The van der Waals surface area contributed by atoms with Gasteiger partial charge in [-0.3, -0.25) is 14.6 Å². The Bertz CT molecular complexity index is 1170. The summed E-state index contributed by atoms with van der Waals surface area (Å²) in [6.07, 6.45) is 1.14. The molecule has 3 aromatic rings. The van der Waals surface area contributed by atoms with Crippen molar-refractivity contribution in [1.29, 1.82) is 0 Å². The molecule has 0 spiro atoms. The number of methoxy groups -OCH3 is 1. The highest BCUT2D eigenvalue weighted by molar-refractivity contribution is 7.99. The van der Waals surface area contributed by atoms with E-state index in [2.05, 4.69) is 11.6 Å². The lowest BCUT2D eigenvalue weighted by Crippen LogP contribution is -2.60. The zero-order valence-corrected chi connectivity index (χ0v) is 17.5. The SMILES string of the molecule is C=CCSc1n[n+]2c(c(=O)[nH]1)-c1ccccc1N(C(C)=O)C2c1ccc(OC)cc1. The van der Waals surface area contributed by atoms with Crippen LogP contribution in [-0.4, -0.2) is 28.9 Å². The standard InChI is InChI=1S/C22H20N4O3S/c1-4-13-30-22-23-20(28)19-17-7-5-6-8-18(17)25(14(2)27)21(26(19)24-22)15-9-11-16(29-3)12-10-15/h4-12,21H,1,13H2,2-3H3/p+1. The molecule has 0 saturated carbocycles. The quantitative estimate of drug-likeness (QED) is 0.389. The summed E-state index contributed by atoms with van der Waals surface area (Å²) >= 11 is 1.37. The minimum absolute atomic E-state index is 0.149. The number of aromatic amines is 1. The molecular formula is C22H21N4O3S+. The van der Waals surface area contributed by atoms with E-state index in [1.807, 2.05) is 48.5 Å². The topological polar surface area (TPSA) is 79.2 Å². The average Bonchev–Trinajstić information content (AvgIpc) is 2.76. The van der Waals surface area contributed by atoms with Crippen LogP contribution >= 0.6 is 11.8 Å². The molecule has 1 amide bonds. The van der Waals surface area contributed by atoms with Crippen molar-refractivity contribution < 1.29 is 14.2 Å². The molecule has 152 valence electrons. The summed E-state index contributed by atoms with van der Waals surface area (Å²) in [6, 6.07) is 14.8. The average molecular weight is 422 g/mol. The van der Waals surface area contributed by atoms with Crippen LogP contribution in [-0.2, 0) is 4.79 Å². The maximum Gasteiger partial charge on any atom is 0.325 e. The number of rotatable bonds is 5. The van der Waals surface area contributed by atoms with Crippen molar-refractivity contribution in [2.24, 2.45) is 0 Å². The molecule has 1 aliphatic heterocycles. The predicted octanol–water partition coefficient (Wildman–Crippen LogP) is 2.92. The van der Waals surface area contributed by atoms with Crippen LogP contribution in [0.25, 0.3) is 11.3 Å². The van der Waals surface area contributed by atoms with E-state index in [0.29, 0.717) is 33.6 Å². The number of aromatic nitrogens is 3. The van der Waals surface area contributed by atoms with Gasteiger partial charge in [0.1, 0.15) is 5.75 Å². The maximum atomic E-state index is 13.1. The molecule has 30 heavy (non-hydrogen) atoms. The first-order valence-electron chi connectivity index (χ1n) is 9.38. The van der Waals surface area contributed by atoms with Crippen LogP contribution in [0.4, 0.5) is 5.69 Å². The summed E-state index contributed by atoms with van der Waals surface area (Å²) in [6.45, 7) is 5.23. The zero-order chi connectivity index (χ0) is 21.3. The van der Waals surface area contributed by atoms with E-state index < -0.39 is 6.17 Å². The van der Waals surface area contributed by atoms with Gasteiger partial charge >= 0.3 is 11.3 Å². The monoisotopic (exact) mass is 421 g/mol. The first-order chi connectivity index (χ1) is 14.5. The summed E-state index contributed by atoms with van der Waals surface area (Å²) in [4.78, 5) is 30.4. The molecular weight excluding hydrogens is 400 g/mol. The molecule has 8 heteroatoms. The number of carbonyl (C=O) groups excluding carboxylic acids is 1. The van der Waals surface area contributed by atoms with Crippen LogP contribution in [0.1, 0.15) is 18.7 Å². The van der Waals surface area contributed by atoms with Gasteiger partial charge in [0.25, 0.3) is 6.17 Å². The summed E-state index contributed by atoms with van der Waals surface area (Å²) in [5.41, 5.74) is 2.29. The van der Waals surface area contributed by atoms with Crippen molar-refractivity contribution in [2.45, 2.75) is 18.2 Å². The number of carbonyl (C=O) groups is 1. The Morgan fingerprint density at radius 2 is 2.03 bits per heavy atom. The Morgan fingerprint density at radius 3 is 2.70 bits per heavy atom. The lowest BCUT2D eigenvalue weighted by molar-refractivity contribution is -0.763. The number of amides is 1. The molecule has 1 atom stereocenters. The lowest BCUT2D eigenvalue weighted by atomic mass is 10.0. The lowest BCUT2D eigenvalue weighted by Gasteiger charge is -2.31. The summed E-state index contributed by atoms with van der Waals surface area (Å²) in [5, 5.41) is 5.16. The highest BCUT2D eigenvalue weighted by Gasteiger charge is 2.44. The number of anilines is 1. The van der Waals surface area contributed by atoms with Gasteiger partial charge < -0.3 is 4.74 Å². The van der Waals surface area contributed by atoms with E-state index in [9.17, 15) is 9.59 Å². The number of nitrogens with one attached hydrogen (secondary N) is 1. The summed E-state index contributed by atoms with van der Waals surface area (Å²) in [5.74, 6) is 1.15. The summed E-state index contributed by atoms with van der Waals surface area (Å²) in [7, 11) is 1.60. The zero-order valence-electron chi connectivity index (χ0n) is 16.7. The maximum absolute atomic E-state index is 13.1. The minimum Gasteiger partial charge on any atom is -0.497 e. The van der Waals surface area contributed by atoms with Gasteiger partial charge in [0.2, 0.25) is 11.1 Å². The van der Waals surface area contributed by atoms with Gasteiger partial charge in [-0.15, -0.1) is 6.58 Å². The van der Waals surface area contributed by atoms with Crippen molar-refractivity contribution in [2.75, 3.05) is 17.8 Å². The fourth-order valence-corrected chi connectivity index (χ4v) is 4.18. The summed E-state index contributed by atoms with van der Waals surface area (Å²) < 4.78 is 6.90. The fourth-order valence-electron chi connectivity index (χ4n) is 3.59. The van der Waals surface area contributed by atoms with E-state index in [0.717, 1.165) is 5.56 Å². The first kappa shape index (κ1) is 19.9. The molecule has 7 nitrogen and oxygen atoms in total. The molecule has 0 saturated heterocycles. The van der Waals surface area contributed by atoms with Crippen LogP contribution in [0, 0.1) is 0 Å². The Kier molecular flexibility index (Phi) is 5.41. The highest BCUT2D eigenvalue weighted by atomic mass is 32.2. The molecule has 0 aliphatic carbocycles. The van der Waals surface area contributed by atoms with Gasteiger partial charge in [0.15, 0.2) is 0 Å². The van der Waals surface area contributed by atoms with Crippen molar-refractivity contribution in [3.63, 3.8) is 0 Å². The molecule has 0 fully saturated rings. The van der Waals surface area contributed by atoms with Crippen molar-refractivity contribution in [1.82, 2.24) is 10.1 Å². The van der Waals surface area contributed by atoms with Crippen LogP contribution in [0.2, 0.25) is 0 Å². The van der Waals surface area contributed by atoms with Gasteiger partial charge in [0.05, 0.1) is 18.4 Å². The van der Waals surface area contributed by atoms with E-state index in [1.165, 1.54) is 18.7 Å². The molecule has 2 aromatic carbocycles. The number of benzene rings is 2. The third kappa shape index (κ3) is 3.39. The normalized spacial score (nSPS) is 14.6. The second-order valence-electron chi connectivity index (χ2n) is 6.71. The van der Waals surface area contributed by atoms with Crippen LogP contribution in [0.5, 0.6) is 5.75 Å². The minimum atomic E-state index is -0.608. The number of hydrogen-bond acceptors (Lipinski definition) is 5. The van der Waals surface area contributed by atoms with Gasteiger partial charge in [-0.1, -0.05) is 30.0 Å². The fraction of sp³-hybridized carbons (Fsp3) is 0.182. The molecule has 1 unspecified atom stereocenters. The molecule has 1 aromatic heterocycles. The molecule has 2 heterocycles. The van der Waals surface area contributed by atoms with Gasteiger partial charge in [0, 0.05) is 23.3 Å². The first-order valence-corrected chi connectivity index (χ1v) is 10.4. The Balaban J connectivity index is 2.00. The van der Waals surface area contributed by atoms with Crippen molar-refractivity contribution >= 4 is 23.4 Å². The third-order valence-electron chi connectivity index (χ3n) is 4.85.